The molecule has 0 unspecified atom stereocenters. The van der Waals surface area contributed by atoms with Gasteiger partial charge in [0.2, 0.25) is 0 Å². The number of imidazole rings is 1. The van der Waals surface area contributed by atoms with E-state index < -0.39 is 5.97 Å². The lowest BCUT2D eigenvalue weighted by atomic mass is 10.1. The van der Waals surface area contributed by atoms with E-state index in [2.05, 4.69) is 9.97 Å². The highest BCUT2D eigenvalue weighted by atomic mass is 16.4. The summed E-state index contributed by atoms with van der Waals surface area (Å²) in [5, 5.41) is 10.8. The predicted octanol–water partition coefficient (Wildman–Crippen LogP) is 1.52. The highest BCUT2D eigenvalue weighted by Gasteiger charge is 2.05. The van der Waals surface area contributed by atoms with Crippen LogP contribution in [0, 0.1) is 0 Å². The maximum atomic E-state index is 10.8. The van der Waals surface area contributed by atoms with Crippen molar-refractivity contribution in [2.24, 2.45) is 0 Å². The van der Waals surface area contributed by atoms with Gasteiger partial charge in [-0.05, 0) is 23.3 Å². The molecule has 0 amide bonds. The van der Waals surface area contributed by atoms with Gasteiger partial charge in [-0.2, -0.15) is 0 Å². The number of aromatic carboxylic acids is 1. The number of nitrogens with zero attached hydrogens (tertiary/aromatic N) is 1. The van der Waals surface area contributed by atoms with Crippen LogP contribution >= 0.6 is 0 Å². The van der Waals surface area contributed by atoms with Gasteiger partial charge in [-0.25, -0.2) is 4.98 Å². The number of fused-ring (bicyclic) bond motifs is 1. The van der Waals surface area contributed by atoms with Crippen LogP contribution < -0.4 is 5.11 Å². The lowest BCUT2D eigenvalue weighted by molar-refractivity contribution is -0.255. The van der Waals surface area contributed by atoms with Gasteiger partial charge in [0.15, 0.2) is 0 Å². The van der Waals surface area contributed by atoms with Crippen molar-refractivity contribution in [3.8, 4) is 0 Å². The van der Waals surface area contributed by atoms with E-state index in [1.54, 1.807) is 12.1 Å². The Hall–Kier alpha value is -2.62. The molecule has 0 radical (unpaired) electrons. The van der Waals surface area contributed by atoms with E-state index in [0.717, 1.165) is 16.9 Å². The minimum Gasteiger partial charge on any atom is -0.545 e. The van der Waals surface area contributed by atoms with Gasteiger partial charge < -0.3 is 14.9 Å². The molecule has 19 heavy (non-hydrogen) atoms. The maximum absolute atomic E-state index is 10.8. The van der Waals surface area contributed by atoms with Crippen molar-refractivity contribution in [1.82, 2.24) is 9.97 Å². The Balaban J connectivity index is 1.95. The average molecular weight is 251 g/mol. The largest absolute Gasteiger partial charge is 0.545 e. The van der Waals surface area contributed by atoms with Crippen molar-refractivity contribution in [3.05, 3.63) is 65.5 Å². The first-order chi connectivity index (χ1) is 9.22. The molecule has 4 nitrogen and oxygen atoms in total. The standard InChI is InChI=1S/C15H12N2O2/c18-15(19)11-6-7-12-13(9-11)17-14(16-12)8-10-4-2-1-3-5-10/h1-7,9H,8H2,(H,16,17)(H,18,19)/p-1. The molecule has 1 aromatic heterocycles. The van der Waals surface area contributed by atoms with E-state index in [1.807, 2.05) is 30.3 Å². The molecule has 3 aromatic rings. The quantitative estimate of drug-likeness (QED) is 0.767. The number of hydrogen-bond acceptors (Lipinski definition) is 3. The van der Waals surface area contributed by atoms with Gasteiger partial charge in [0.05, 0.1) is 17.0 Å². The summed E-state index contributed by atoms with van der Waals surface area (Å²) in [6, 6.07) is 14.7. The van der Waals surface area contributed by atoms with Gasteiger partial charge in [0, 0.05) is 6.42 Å². The first-order valence-corrected chi connectivity index (χ1v) is 5.96. The molecule has 3 rings (SSSR count). The van der Waals surface area contributed by atoms with Gasteiger partial charge in [-0.1, -0.05) is 36.4 Å². The second-order valence-electron chi connectivity index (χ2n) is 4.37. The molecule has 0 saturated heterocycles. The number of nitrogens with one attached hydrogen (secondary N) is 1. The first kappa shape index (κ1) is 11.5. The second-order valence-corrected chi connectivity index (χ2v) is 4.37. The molecule has 1 heterocycles. The van der Waals surface area contributed by atoms with E-state index in [1.165, 1.54) is 6.07 Å². The normalized spacial score (nSPS) is 10.7. The molecule has 0 aliphatic rings. The van der Waals surface area contributed by atoms with Gasteiger partial charge >= 0.3 is 0 Å². The van der Waals surface area contributed by atoms with Crippen molar-refractivity contribution in [1.29, 1.82) is 0 Å². The van der Waals surface area contributed by atoms with Crippen LogP contribution in [0.5, 0.6) is 0 Å². The third kappa shape index (κ3) is 2.33. The molecule has 0 aliphatic carbocycles. The number of benzene rings is 2. The van der Waals surface area contributed by atoms with Gasteiger partial charge in [0.1, 0.15) is 5.82 Å². The number of carboxylic acids is 1. The molecule has 0 fully saturated rings. The van der Waals surface area contributed by atoms with E-state index in [0.29, 0.717) is 11.9 Å². The fraction of sp³-hybridized carbons (Fsp3) is 0.0667. The van der Waals surface area contributed by atoms with Crippen molar-refractivity contribution < 1.29 is 9.90 Å². The van der Waals surface area contributed by atoms with Crippen LogP contribution in [0.2, 0.25) is 0 Å². The summed E-state index contributed by atoms with van der Waals surface area (Å²) in [4.78, 5) is 18.4. The number of rotatable bonds is 3. The lowest BCUT2D eigenvalue weighted by Crippen LogP contribution is -2.21. The SMILES string of the molecule is O=C([O-])c1ccc2nc(Cc3ccccc3)[nH]c2c1. The van der Waals surface area contributed by atoms with Crippen LogP contribution in [0.1, 0.15) is 21.7 Å². The highest BCUT2D eigenvalue weighted by molar-refractivity contribution is 5.91. The van der Waals surface area contributed by atoms with Crippen molar-refractivity contribution in [2.45, 2.75) is 6.42 Å². The van der Waals surface area contributed by atoms with Crippen LogP contribution in [0.4, 0.5) is 0 Å². The molecule has 1 N–H and O–H groups in total. The molecule has 4 heteroatoms. The van der Waals surface area contributed by atoms with E-state index in [4.69, 9.17) is 0 Å². The second kappa shape index (κ2) is 4.57. The third-order valence-corrected chi connectivity index (χ3v) is 2.98. The molecule has 0 spiro atoms. The zero-order valence-corrected chi connectivity index (χ0v) is 10.1. The van der Waals surface area contributed by atoms with Crippen LogP contribution in [-0.4, -0.2) is 15.9 Å². The van der Waals surface area contributed by atoms with Crippen molar-refractivity contribution >= 4 is 17.0 Å². The summed E-state index contributed by atoms with van der Waals surface area (Å²) in [6.45, 7) is 0. The molecule has 0 bridgehead atoms. The minimum absolute atomic E-state index is 0.155. The fourth-order valence-electron chi connectivity index (χ4n) is 2.06. The summed E-state index contributed by atoms with van der Waals surface area (Å²) < 4.78 is 0. The number of aromatic amines is 1. The van der Waals surface area contributed by atoms with Crippen molar-refractivity contribution in [2.75, 3.05) is 0 Å². The number of carbonyl (C=O) groups is 1. The molecular formula is C15H11N2O2-. The van der Waals surface area contributed by atoms with Crippen LogP contribution in [0.15, 0.2) is 48.5 Å². The van der Waals surface area contributed by atoms with E-state index in [-0.39, 0.29) is 5.56 Å². The lowest BCUT2D eigenvalue weighted by Gasteiger charge is -2.00. The summed E-state index contributed by atoms with van der Waals surface area (Å²) in [5.41, 5.74) is 2.78. The molecular weight excluding hydrogens is 240 g/mol. The minimum atomic E-state index is -1.18. The van der Waals surface area contributed by atoms with Gasteiger partial charge in [0.25, 0.3) is 0 Å². The Morgan fingerprint density at radius 1 is 1.16 bits per heavy atom. The number of carboxylic acid groups (broad SMARTS) is 1. The molecule has 0 aliphatic heterocycles. The molecule has 0 atom stereocenters. The Morgan fingerprint density at radius 3 is 2.68 bits per heavy atom. The number of carbonyl (C=O) groups excluding carboxylic acids is 1. The van der Waals surface area contributed by atoms with Crippen LogP contribution in [0.3, 0.4) is 0 Å². The molecule has 0 saturated carbocycles. The summed E-state index contributed by atoms with van der Waals surface area (Å²) >= 11 is 0. The monoisotopic (exact) mass is 251 g/mol. The van der Waals surface area contributed by atoms with Gasteiger partial charge in [-0.3, -0.25) is 0 Å². The van der Waals surface area contributed by atoms with Crippen LogP contribution in [-0.2, 0) is 6.42 Å². The maximum Gasteiger partial charge on any atom is 0.111 e. The molecule has 2 aromatic carbocycles. The summed E-state index contributed by atoms with van der Waals surface area (Å²) in [6.07, 6.45) is 0.691. The third-order valence-electron chi connectivity index (χ3n) is 2.98. The van der Waals surface area contributed by atoms with E-state index >= 15 is 0 Å². The van der Waals surface area contributed by atoms with Crippen molar-refractivity contribution in [3.63, 3.8) is 0 Å². The number of hydrogen-bond donors (Lipinski definition) is 1. The Morgan fingerprint density at radius 2 is 1.95 bits per heavy atom. The number of H-pyrrole nitrogens is 1. The summed E-state index contributed by atoms with van der Waals surface area (Å²) in [5.74, 6) is -0.363. The topological polar surface area (TPSA) is 68.8 Å². The first-order valence-electron chi connectivity index (χ1n) is 5.96. The average Bonchev–Trinajstić information content (AvgIpc) is 2.80. The fourth-order valence-corrected chi connectivity index (χ4v) is 2.06. The highest BCUT2D eigenvalue weighted by Crippen LogP contribution is 2.15. The smallest absolute Gasteiger partial charge is 0.111 e. The number of aromatic nitrogens is 2. The zero-order valence-electron chi connectivity index (χ0n) is 10.1. The predicted molar refractivity (Wildman–Crippen MR) is 69.7 cm³/mol. The Bertz CT molecular complexity index is 732. The Kier molecular flexibility index (Phi) is 2.76. The van der Waals surface area contributed by atoms with E-state index in [9.17, 15) is 9.90 Å². The summed E-state index contributed by atoms with van der Waals surface area (Å²) in [7, 11) is 0. The molecule has 94 valence electrons. The van der Waals surface area contributed by atoms with Gasteiger partial charge in [-0.15, -0.1) is 0 Å². The zero-order chi connectivity index (χ0) is 13.2. The Labute approximate surface area is 109 Å². The van der Waals surface area contributed by atoms with Crippen LogP contribution in [0.25, 0.3) is 11.0 Å².